The average Bonchev–Trinajstić information content (AvgIpc) is 2.49. The van der Waals surface area contributed by atoms with E-state index in [1.165, 1.54) is 24.3 Å². The molecule has 0 radical (unpaired) electrons. The second kappa shape index (κ2) is 6.74. The van der Waals surface area contributed by atoms with Gasteiger partial charge in [0.1, 0.15) is 11.6 Å². The highest BCUT2D eigenvalue weighted by atomic mass is 32.2. The van der Waals surface area contributed by atoms with E-state index < -0.39 is 27.6 Å². The van der Waals surface area contributed by atoms with Crippen LogP contribution in [0.15, 0.2) is 53.4 Å². The molecule has 122 valence electrons. The Hall–Kier alpha value is -2.48. The Balaban J connectivity index is 2.47. The van der Waals surface area contributed by atoms with Crippen LogP contribution >= 0.6 is 0 Å². The van der Waals surface area contributed by atoms with Gasteiger partial charge in [0.15, 0.2) is 0 Å². The lowest BCUT2D eigenvalue weighted by Gasteiger charge is -2.24. The highest BCUT2D eigenvalue weighted by Gasteiger charge is 2.25. The predicted octanol–water partition coefficient (Wildman–Crippen LogP) is 2.04. The normalized spacial score (nSPS) is 11.2. The van der Waals surface area contributed by atoms with Gasteiger partial charge in [-0.05, 0) is 42.5 Å². The molecule has 0 aliphatic carbocycles. The summed E-state index contributed by atoms with van der Waals surface area (Å²) in [4.78, 5) is 10.7. The maximum Gasteiger partial charge on any atom is 0.264 e. The quantitative estimate of drug-likeness (QED) is 0.874. The number of carbonyl (C=O) groups excluding carboxylic acids is 1. The van der Waals surface area contributed by atoms with Gasteiger partial charge in [-0.1, -0.05) is 6.07 Å². The molecule has 2 N–H and O–H groups in total. The summed E-state index contributed by atoms with van der Waals surface area (Å²) >= 11 is 0. The van der Waals surface area contributed by atoms with Crippen molar-refractivity contribution in [1.29, 1.82) is 0 Å². The molecule has 0 spiro atoms. The summed E-state index contributed by atoms with van der Waals surface area (Å²) in [5.74, 6) is -1.93. The minimum atomic E-state index is -4.12. The molecule has 5 nitrogen and oxygen atoms in total. The molecule has 0 aliphatic rings. The Morgan fingerprint density at radius 1 is 1.04 bits per heavy atom. The van der Waals surface area contributed by atoms with Crippen molar-refractivity contribution in [3.8, 4) is 0 Å². The van der Waals surface area contributed by atoms with Gasteiger partial charge in [-0.25, -0.2) is 17.2 Å². The lowest BCUT2D eigenvalue weighted by Crippen LogP contribution is -2.34. The van der Waals surface area contributed by atoms with Crippen LogP contribution in [0.4, 0.5) is 14.5 Å². The van der Waals surface area contributed by atoms with Crippen LogP contribution < -0.4 is 10.0 Å². The minimum Gasteiger partial charge on any atom is -0.370 e. The molecule has 2 rings (SSSR count). The lowest BCUT2D eigenvalue weighted by atomic mass is 10.3. The Kier molecular flexibility index (Phi) is 4.95. The fourth-order valence-electron chi connectivity index (χ4n) is 1.96. The molecule has 0 heterocycles. The van der Waals surface area contributed by atoms with Crippen molar-refractivity contribution in [2.45, 2.75) is 11.3 Å². The van der Waals surface area contributed by atoms with Crippen molar-refractivity contribution in [2.24, 2.45) is 5.73 Å². The molecule has 0 atom stereocenters. The molecule has 2 aromatic carbocycles. The number of nitrogens with zero attached hydrogens (tertiary/aromatic N) is 1. The molecule has 1 amide bonds. The van der Waals surface area contributed by atoms with Gasteiger partial charge in [-0.15, -0.1) is 0 Å². The van der Waals surface area contributed by atoms with Crippen LogP contribution in [0.25, 0.3) is 0 Å². The van der Waals surface area contributed by atoms with Gasteiger partial charge >= 0.3 is 0 Å². The van der Waals surface area contributed by atoms with Gasteiger partial charge in [0.2, 0.25) is 5.91 Å². The van der Waals surface area contributed by atoms with E-state index in [0.29, 0.717) is 0 Å². The molecule has 0 aliphatic heterocycles. The van der Waals surface area contributed by atoms with Gasteiger partial charge < -0.3 is 5.73 Å². The Bertz CT molecular complexity index is 808. The van der Waals surface area contributed by atoms with E-state index in [1.54, 1.807) is 0 Å². The fourth-order valence-corrected chi connectivity index (χ4v) is 3.46. The van der Waals surface area contributed by atoms with Gasteiger partial charge in [-0.2, -0.15) is 0 Å². The topological polar surface area (TPSA) is 80.5 Å². The standard InChI is InChI=1S/C15H14F2N2O3S/c16-11-4-6-13(7-5-11)19(9-8-15(18)20)23(21,22)14-3-1-2-12(17)10-14/h1-7,10H,8-9H2,(H2,18,20). The second-order valence-electron chi connectivity index (χ2n) is 4.73. The summed E-state index contributed by atoms with van der Waals surface area (Å²) in [5, 5.41) is 0. The average molecular weight is 340 g/mol. The van der Waals surface area contributed by atoms with Crippen LogP contribution in [0.2, 0.25) is 0 Å². The summed E-state index contributed by atoms with van der Waals surface area (Å²) in [6.45, 7) is -0.236. The summed E-state index contributed by atoms with van der Waals surface area (Å²) in [6, 6.07) is 9.18. The zero-order chi connectivity index (χ0) is 17.0. The maximum absolute atomic E-state index is 13.3. The largest absolute Gasteiger partial charge is 0.370 e. The van der Waals surface area contributed by atoms with Crippen LogP contribution in [-0.4, -0.2) is 20.9 Å². The first-order valence-electron chi connectivity index (χ1n) is 6.63. The molecule has 23 heavy (non-hydrogen) atoms. The third-order valence-electron chi connectivity index (χ3n) is 3.06. The number of anilines is 1. The molecule has 0 fully saturated rings. The third-order valence-corrected chi connectivity index (χ3v) is 4.88. The first-order valence-corrected chi connectivity index (χ1v) is 8.07. The Morgan fingerprint density at radius 3 is 2.26 bits per heavy atom. The monoisotopic (exact) mass is 340 g/mol. The van der Waals surface area contributed by atoms with E-state index in [2.05, 4.69) is 0 Å². The van der Waals surface area contributed by atoms with Crippen molar-refractivity contribution in [1.82, 2.24) is 0 Å². The number of hydrogen-bond acceptors (Lipinski definition) is 3. The number of hydrogen-bond donors (Lipinski definition) is 1. The molecular formula is C15H14F2N2O3S. The fraction of sp³-hybridized carbons (Fsp3) is 0.133. The number of carbonyl (C=O) groups is 1. The molecule has 0 aromatic heterocycles. The number of nitrogens with two attached hydrogens (primary N) is 1. The number of rotatable bonds is 6. The summed E-state index contributed by atoms with van der Waals surface area (Å²) < 4.78 is 52.7. The highest BCUT2D eigenvalue weighted by Crippen LogP contribution is 2.24. The van der Waals surface area contributed by atoms with Gasteiger partial charge in [0.05, 0.1) is 10.6 Å². The molecule has 0 saturated carbocycles. The lowest BCUT2D eigenvalue weighted by molar-refractivity contribution is -0.117. The van der Waals surface area contributed by atoms with E-state index in [1.807, 2.05) is 0 Å². The van der Waals surface area contributed by atoms with E-state index in [0.717, 1.165) is 28.6 Å². The van der Waals surface area contributed by atoms with E-state index in [9.17, 15) is 22.0 Å². The number of benzene rings is 2. The van der Waals surface area contributed by atoms with Crippen LogP contribution in [0, 0.1) is 11.6 Å². The van der Waals surface area contributed by atoms with E-state index in [4.69, 9.17) is 5.73 Å². The SMILES string of the molecule is NC(=O)CCN(c1ccc(F)cc1)S(=O)(=O)c1cccc(F)c1. The Morgan fingerprint density at radius 2 is 1.70 bits per heavy atom. The van der Waals surface area contributed by atoms with Crippen molar-refractivity contribution in [3.63, 3.8) is 0 Å². The van der Waals surface area contributed by atoms with E-state index in [-0.39, 0.29) is 23.5 Å². The number of primary amides is 1. The number of sulfonamides is 1. The van der Waals surface area contributed by atoms with Crippen molar-refractivity contribution in [2.75, 3.05) is 10.8 Å². The van der Waals surface area contributed by atoms with Crippen molar-refractivity contribution >= 4 is 21.6 Å². The van der Waals surface area contributed by atoms with E-state index >= 15 is 0 Å². The first-order chi connectivity index (χ1) is 10.8. The highest BCUT2D eigenvalue weighted by molar-refractivity contribution is 7.92. The summed E-state index contributed by atoms with van der Waals surface area (Å²) in [7, 11) is -4.12. The van der Waals surface area contributed by atoms with Crippen LogP contribution in [0.1, 0.15) is 6.42 Å². The Labute approximate surface area is 132 Å². The van der Waals surface area contributed by atoms with Crippen molar-refractivity contribution in [3.05, 3.63) is 60.2 Å². The van der Waals surface area contributed by atoms with Crippen LogP contribution in [0.3, 0.4) is 0 Å². The van der Waals surface area contributed by atoms with Crippen LogP contribution in [0.5, 0.6) is 0 Å². The van der Waals surface area contributed by atoms with Crippen molar-refractivity contribution < 1.29 is 22.0 Å². The minimum absolute atomic E-state index is 0.150. The molecule has 0 saturated heterocycles. The first kappa shape index (κ1) is 16.9. The molecule has 0 unspecified atom stereocenters. The summed E-state index contributed by atoms with van der Waals surface area (Å²) in [5.41, 5.74) is 5.22. The number of amides is 1. The van der Waals surface area contributed by atoms with Gasteiger partial charge in [0, 0.05) is 13.0 Å². The molecule has 2 aromatic rings. The zero-order valence-corrected chi connectivity index (χ0v) is 12.8. The van der Waals surface area contributed by atoms with Gasteiger partial charge in [0.25, 0.3) is 10.0 Å². The third kappa shape index (κ3) is 4.04. The van der Waals surface area contributed by atoms with Gasteiger partial charge in [-0.3, -0.25) is 9.10 Å². The zero-order valence-electron chi connectivity index (χ0n) is 11.9. The second-order valence-corrected chi connectivity index (χ2v) is 6.59. The molecule has 0 bridgehead atoms. The smallest absolute Gasteiger partial charge is 0.264 e. The predicted molar refractivity (Wildman–Crippen MR) is 81.1 cm³/mol. The van der Waals surface area contributed by atoms with Crippen LogP contribution in [-0.2, 0) is 14.8 Å². The summed E-state index contributed by atoms with van der Waals surface area (Å²) in [6.07, 6.45) is -0.230. The number of halogens is 2. The molecular weight excluding hydrogens is 326 g/mol. The maximum atomic E-state index is 13.3. The molecule has 8 heteroatoms.